The van der Waals surface area contributed by atoms with Crippen molar-refractivity contribution in [1.82, 2.24) is 5.32 Å². The molecule has 0 spiro atoms. The molecule has 0 saturated heterocycles. The van der Waals surface area contributed by atoms with Crippen LogP contribution in [0.4, 0.5) is 0 Å². The van der Waals surface area contributed by atoms with Gasteiger partial charge in [0.15, 0.2) is 6.61 Å². The molecule has 1 aliphatic rings. The quantitative estimate of drug-likeness (QED) is 0.813. The van der Waals surface area contributed by atoms with E-state index in [-0.39, 0.29) is 17.4 Å². The number of hydrogen-bond donors (Lipinski definition) is 2. The molecule has 0 aliphatic heterocycles. The van der Waals surface area contributed by atoms with Crippen LogP contribution in [-0.4, -0.2) is 27.5 Å². The van der Waals surface area contributed by atoms with Crippen LogP contribution in [0.2, 0.25) is 0 Å². The van der Waals surface area contributed by atoms with E-state index in [1.54, 1.807) is 13.8 Å². The van der Waals surface area contributed by atoms with Gasteiger partial charge in [0, 0.05) is 6.54 Å². The number of amides is 1. The van der Waals surface area contributed by atoms with Crippen molar-refractivity contribution in [3.63, 3.8) is 0 Å². The Morgan fingerprint density at radius 1 is 1.33 bits per heavy atom. The molecule has 7 heteroatoms. The third-order valence-corrected chi connectivity index (χ3v) is 4.29. The molecule has 0 atom stereocenters. The number of nitrogens with two attached hydrogens (primary N) is 1. The maximum absolute atomic E-state index is 11.6. The Morgan fingerprint density at radius 3 is 2.38 bits per heavy atom. The molecule has 116 valence electrons. The summed E-state index contributed by atoms with van der Waals surface area (Å²) in [7, 11) is -3.74. The van der Waals surface area contributed by atoms with Crippen molar-refractivity contribution < 1.29 is 17.9 Å². The largest absolute Gasteiger partial charge is 0.483 e. The SMILES string of the molecule is Cc1cc(S(N)(=O)=O)cc(C)c1OCC(=O)NCC1CC1. The van der Waals surface area contributed by atoms with Crippen LogP contribution in [0.3, 0.4) is 0 Å². The highest BCUT2D eigenvalue weighted by molar-refractivity contribution is 7.89. The Bertz CT molecular complexity index is 628. The van der Waals surface area contributed by atoms with Crippen molar-refractivity contribution in [2.24, 2.45) is 11.1 Å². The number of carbonyl (C=O) groups excluding carboxylic acids is 1. The van der Waals surface area contributed by atoms with Crippen molar-refractivity contribution in [1.29, 1.82) is 0 Å². The molecule has 21 heavy (non-hydrogen) atoms. The molecule has 0 unspecified atom stereocenters. The van der Waals surface area contributed by atoms with Crippen LogP contribution < -0.4 is 15.2 Å². The second-order valence-corrected chi connectivity index (χ2v) is 7.03. The third-order valence-electron chi connectivity index (χ3n) is 3.39. The zero-order valence-electron chi connectivity index (χ0n) is 12.2. The Morgan fingerprint density at radius 2 is 1.90 bits per heavy atom. The van der Waals surface area contributed by atoms with Crippen molar-refractivity contribution in [3.8, 4) is 5.75 Å². The number of aryl methyl sites for hydroxylation is 2. The third kappa shape index (κ3) is 4.44. The van der Waals surface area contributed by atoms with E-state index in [0.29, 0.717) is 29.3 Å². The maximum atomic E-state index is 11.6. The predicted molar refractivity (Wildman–Crippen MR) is 78.5 cm³/mol. The Kier molecular flexibility index (Phi) is 4.53. The average molecular weight is 312 g/mol. The van der Waals surface area contributed by atoms with Gasteiger partial charge in [-0.15, -0.1) is 0 Å². The van der Waals surface area contributed by atoms with E-state index in [1.807, 2.05) is 0 Å². The van der Waals surface area contributed by atoms with Gasteiger partial charge < -0.3 is 10.1 Å². The van der Waals surface area contributed by atoms with E-state index < -0.39 is 10.0 Å². The molecule has 0 aromatic heterocycles. The van der Waals surface area contributed by atoms with Crippen LogP contribution in [-0.2, 0) is 14.8 Å². The van der Waals surface area contributed by atoms with Crippen molar-refractivity contribution >= 4 is 15.9 Å². The summed E-state index contributed by atoms with van der Waals surface area (Å²) in [6.07, 6.45) is 2.35. The first-order valence-electron chi connectivity index (χ1n) is 6.81. The number of ether oxygens (including phenoxy) is 1. The molecular formula is C14H20N2O4S. The minimum absolute atomic E-state index is 0.0445. The molecule has 0 radical (unpaired) electrons. The first kappa shape index (κ1) is 15.8. The Labute approximate surface area is 124 Å². The highest BCUT2D eigenvalue weighted by Crippen LogP contribution is 2.28. The van der Waals surface area contributed by atoms with Gasteiger partial charge in [-0.05, 0) is 55.9 Å². The van der Waals surface area contributed by atoms with Gasteiger partial charge in [-0.3, -0.25) is 4.79 Å². The lowest BCUT2D eigenvalue weighted by Crippen LogP contribution is -2.30. The van der Waals surface area contributed by atoms with Crippen molar-refractivity contribution in [2.45, 2.75) is 31.6 Å². The fraction of sp³-hybridized carbons (Fsp3) is 0.500. The summed E-state index contributed by atoms with van der Waals surface area (Å²) >= 11 is 0. The summed E-state index contributed by atoms with van der Waals surface area (Å²) in [4.78, 5) is 11.7. The minimum Gasteiger partial charge on any atom is -0.483 e. The zero-order chi connectivity index (χ0) is 15.6. The van der Waals surface area contributed by atoms with Crippen LogP contribution in [0.15, 0.2) is 17.0 Å². The van der Waals surface area contributed by atoms with Crippen LogP contribution in [0.5, 0.6) is 5.75 Å². The molecule has 0 heterocycles. The van der Waals surface area contributed by atoms with E-state index in [2.05, 4.69) is 5.32 Å². The first-order valence-corrected chi connectivity index (χ1v) is 8.35. The molecular weight excluding hydrogens is 292 g/mol. The standard InChI is InChI=1S/C14H20N2O4S/c1-9-5-12(21(15,18)19)6-10(2)14(9)20-8-13(17)16-7-11-3-4-11/h5-6,11H,3-4,7-8H2,1-2H3,(H,16,17)(H2,15,18,19). The normalized spacial score (nSPS) is 14.8. The number of rotatable bonds is 6. The number of benzene rings is 1. The fourth-order valence-corrected chi connectivity index (χ4v) is 2.75. The second-order valence-electron chi connectivity index (χ2n) is 5.47. The molecule has 6 nitrogen and oxygen atoms in total. The zero-order valence-corrected chi connectivity index (χ0v) is 13.0. The predicted octanol–water partition coefficient (Wildman–Crippen LogP) is 0.856. The van der Waals surface area contributed by atoms with E-state index in [1.165, 1.54) is 25.0 Å². The lowest BCUT2D eigenvalue weighted by atomic mass is 10.1. The monoisotopic (exact) mass is 312 g/mol. The molecule has 3 N–H and O–H groups in total. The molecule has 1 fully saturated rings. The van der Waals surface area contributed by atoms with Gasteiger partial charge in [0.1, 0.15) is 5.75 Å². The topological polar surface area (TPSA) is 98.5 Å². The van der Waals surface area contributed by atoms with Crippen LogP contribution in [0, 0.1) is 19.8 Å². The highest BCUT2D eigenvalue weighted by atomic mass is 32.2. The molecule has 1 amide bonds. The lowest BCUT2D eigenvalue weighted by Gasteiger charge is -2.13. The maximum Gasteiger partial charge on any atom is 0.257 e. The molecule has 1 saturated carbocycles. The Hall–Kier alpha value is -1.60. The summed E-state index contributed by atoms with van der Waals surface area (Å²) in [6.45, 7) is 4.06. The van der Waals surface area contributed by atoms with Gasteiger partial charge in [0.05, 0.1) is 4.90 Å². The number of hydrogen-bond acceptors (Lipinski definition) is 4. The smallest absolute Gasteiger partial charge is 0.257 e. The van der Waals surface area contributed by atoms with E-state index >= 15 is 0 Å². The highest BCUT2D eigenvalue weighted by Gasteiger charge is 2.21. The van der Waals surface area contributed by atoms with Gasteiger partial charge in [-0.25, -0.2) is 13.6 Å². The molecule has 1 aliphatic carbocycles. The lowest BCUT2D eigenvalue weighted by molar-refractivity contribution is -0.123. The second kappa shape index (κ2) is 6.03. The van der Waals surface area contributed by atoms with E-state index in [0.717, 1.165) is 0 Å². The first-order chi connectivity index (χ1) is 9.77. The average Bonchev–Trinajstić information content (AvgIpc) is 3.18. The Balaban J connectivity index is 2.01. The van der Waals surface area contributed by atoms with E-state index in [4.69, 9.17) is 9.88 Å². The molecule has 2 rings (SSSR count). The summed E-state index contributed by atoms with van der Waals surface area (Å²) < 4.78 is 28.2. The summed E-state index contributed by atoms with van der Waals surface area (Å²) in [6, 6.07) is 2.89. The van der Waals surface area contributed by atoms with Gasteiger partial charge in [-0.2, -0.15) is 0 Å². The minimum atomic E-state index is -3.74. The number of carbonyl (C=O) groups is 1. The van der Waals surface area contributed by atoms with Crippen molar-refractivity contribution in [2.75, 3.05) is 13.2 Å². The van der Waals surface area contributed by atoms with Crippen LogP contribution in [0.1, 0.15) is 24.0 Å². The van der Waals surface area contributed by atoms with Gasteiger partial charge in [0.25, 0.3) is 5.91 Å². The molecule has 0 bridgehead atoms. The molecule has 1 aromatic rings. The van der Waals surface area contributed by atoms with Crippen LogP contribution >= 0.6 is 0 Å². The van der Waals surface area contributed by atoms with Gasteiger partial charge in [0.2, 0.25) is 10.0 Å². The van der Waals surface area contributed by atoms with Gasteiger partial charge in [-0.1, -0.05) is 0 Å². The molecule has 1 aromatic carbocycles. The van der Waals surface area contributed by atoms with Crippen molar-refractivity contribution in [3.05, 3.63) is 23.3 Å². The summed E-state index contributed by atoms with van der Waals surface area (Å²) in [5.74, 6) is 0.965. The summed E-state index contributed by atoms with van der Waals surface area (Å²) in [5, 5.41) is 7.92. The van der Waals surface area contributed by atoms with E-state index in [9.17, 15) is 13.2 Å². The number of primary sulfonamides is 1. The van der Waals surface area contributed by atoms with Crippen LogP contribution in [0.25, 0.3) is 0 Å². The van der Waals surface area contributed by atoms with Gasteiger partial charge >= 0.3 is 0 Å². The fourth-order valence-electron chi connectivity index (χ4n) is 2.07. The number of nitrogens with one attached hydrogen (secondary N) is 1. The summed E-state index contributed by atoms with van der Waals surface area (Å²) in [5.41, 5.74) is 1.27. The number of sulfonamides is 1.